The molecule has 0 aliphatic carbocycles. The van der Waals surface area contributed by atoms with Crippen molar-refractivity contribution in [2.75, 3.05) is 25.0 Å². The second kappa shape index (κ2) is 7.71. The van der Waals surface area contributed by atoms with E-state index in [0.29, 0.717) is 24.1 Å². The van der Waals surface area contributed by atoms with E-state index in [2.05, 4.69) is 25.5 Å². The van der Waals surface area contributed by atoms with Crippen molar-refractivity contribution in [3.63, 3.8) is 0 Å². The van der Waals surface area contributed by atoms with E-state index in [4.69, 9.17) is 4.52 Å². The van der Waals surface area contributed by atoms with Crippen molar-refractivity contribution in [3.05, 3.63) is 48.5 Å². The van der Waals surface area contributed by atoms with Crippen LogP contribution in [0.3, 0.4) is 0 Å². The summed E-state index contributed by atoms with van der Waals surface area (Å²) in [6, 6.07) is 11.6. The van der Waals surface area contributed by atoms with Gasteiger partial charge in [-0.2, -0.15) is 10.1 Å². The van der Waals surface area contributed by atoms with Gasteiger partial charge in [-0.05, 0) is 19.4 Å². The molecule has 3 aromatic rings. The molecule has 27 heavy (non-hydrogen) atoms. The summed E-state index contributed by atoms with van der Waals surface area (Å²) >= 11 is 0. The van der Waals surface area contributed by atoms with Gasteiger partial charge in [-0.25, -0.2) is 0 Å². The normalized spacial score (nSPS) is 17.7. The highest BCUT2D eigenvalue weighted by molar-refractivity contribution is 5.91. The van der Waals surface area contributed by atoms with Crippen molar-refractivity contribution in [1.29, 1.82) is 0 Å². The molecule has 0 bridgehead atoms. The molecule has 1 atom stereocenters. The minimum Gasteiger partial charge on any atom is -0.339 e. The Labute approximate surface area is 157 Å². The lowest BCUT2D eigenvalue weighted by molar-refractivity contribution is -0.117. The van der Waals surface area contributed by atoms with E-state index in [0.717, 1.165) is 31.5 Å². The smallest absolute Gasteiger partial charge is 0.239 e. The molecule has 1 amide bonds. The number of hydrogen-bond acceptors (Lipinski definition) is 6. The summed E-state index contributed by atoms with van der Waals surface area (Å²) in [7, 11) is 1.82. The van der Waals surface area contributed by atoms with Gasteiger partial charge in [0, 0.05) is 31.4 Å². The van der Waals surface area contributed by atoms with Crippen molar-refractivity contribution >= 4 is 11.7 Å². The quantitative estimate of drug-likeness (QED) is 0.745. The van der Waals surface area contributed by atoms with Gasteiger partial charge in [-0.15, -0.1) is 0 Å². The second-order valence-electron chi connectivity index (χ2n) is 6.82. The number of likely N-dealkylation sites (tertiary alicyclic amines) is 1. The first-order valence-electron chi connectivity index (χ1n) is 9.08. The molecule has 8 heteroatoms. The topological polar surface area (TPSA) is 89.1 Å². The molecule has 140 valence electrons. The van der Waals surface area contributed by atoms with E-state index in [-0.39, 0.29) is 11.8 Å². The van der Waals surface area contributed by atoms with Gasteiger partial charge >= 0.3 is 0 Å². The number of amides is 1. The first kappa shape index (κ1) is 17.4. The lowest BCUT2D eigenvalue weighted by Crippen LogP contribution is -2.39. The standard InChI is InChI=1S/C19H22N6O2/c1-24-11-9-16(22-24)20-17(26)13-25-10-5-8-15(12-25)19-21-18(23-27-19)14-6-3-2-4-7-14/h2-4,6-7,9,11,15H,5,8,10,12-13H2,1H3,(H,20,22,26). The van der Waals surface area contributed by atoms with Crippen molar-refractivity contribution in [2.45, 2.75) is 18.8 Å². The van der Waals surface area contributed by atoms with Crippen molar-refractivity contribution in [2.24, 2.45) is 7.05 Å². The number of nitrogens with one attached hydrogen (secondary N) is 1. The Morgan fingerprint density at radius 1 is 1.30 bits per heavy atom. The van der Waals surface area contributed by atoms with Crippen LogP contribution in [0, 0.1) is 0 Å². The number of carbonyl (C=O) groups excluding carboxylic acids is 1. The molecule has 8 nitrogen and oxygen atoms in total. The SMILES string of the molecule is Cn1ccc(NC(=O)CN2CCCC(c3nc(-c4ccccc4)no3)C2)n1. The fraction of sp³-hybridized carbons (Fsp3) is 0.368. The summed E-state index contributed by atoms with van der Waals surface area (Å²) in [5.74, 6) is 1.90. The molecule has 1 fully saturated rings. The second-order valence-corrected chi connectivity index (χ2v) is 6.82. The Kier molecular flexibility index (Phi) is 4.97. The number of rotatable bonds is 5. The predicted molar refractivity (Wildman–Crippen MR) is 100.0 cm³/mol. The highest BCUT2D eigenvalue weighted by Gasteiger charge is 2.27. The summed E-state index contributed by atoms with van der Waals surface area (Å²) < 4.78 is 7.17. The summed E-state index contributed by atoms with van der Waals surface area (Å²) in [5.41, 5.74) is 0.940. The molecule has 0 spiro atoms. The number of carbonyl (C=O) groups is 1. The monoisotopic (exact) mass is 366 g/mol. The fourth-order valence-corrected chi connectivity index (χ4v) is 3.37. The first-order chi connectivity index (χ1) is 13.2. The van der Waals surface area contributed by atoms with Crippen molar-refractivity contribution < 1.29 is 9.32 Å². The molecule has 2 aromatic heterocycles. The van der Waals surface area contributed by atoms with Gasteiger partial charge in [0.2, 0.25) is 17.6 Å². The molecular formula is C19H22N6O2. The minimum atomic E-state index is -0.0650. The molecule has 1 N–H and O–H groups in total. The number of hydrogen-bond donors (Lipinski definition) is 1. The highest BCUT2D eigenvalue weighted by Crippen LogP contribution is 2.27. The molecule has 4 rings (SSSR count). The van der Waals surface area contributed by atoms with E-state index >= 15 is 0 Å². The molecule has 3 heterocycles. The van der Waals surface area contributed by atoms with Crippen LogP contribution in [0.25, 0.3) is 11.4 Å². The molecule has 0 saturated carbocycles. The van der Waals surface area contributed by atoms with Crippen LogP contribution >= 0.6 is 0 Å². The van der Waals surface area contributed by atoms with Crippen LogP contribution < -0.4 is 5.32 Å². The lowest BCUT2D eigenvalue weighted by Gasteiger charge is -2.30. The van der Waals surface area contributed by atoms with E-state index in [1.165, 1.54) is 0 Å². The Bertz CT molecular complexity index is 904. The summed E-state index contributed by atoms with van der Waals surface area (Å²) in [5, 5.41) is 11.1. The van der Waals surface area contributed by atoms with Crippen molar-refractivity contribution in [3.8, 4) is 11.4 Å². The maximum absolute atomic E-state index is 12.3. The zero-order valence-corrected chi connectivity index (χ0v) is 15.2. The summed E-state index contributed by atoms with van der Waals surface area (Å²) in [6.45, 7) is 1.94. The highest BCUT2D eigenvalue weighted by atomic mass is 16.5. The van der Waals surface area contributed by atoms with E-state index in [9.17, 15) is 4.79 Å². The molecule has 1 unspecified atom stereocenters. The average Bonchev–Trinajstić information content (AvgIpc) is 3.32. The summed E-state index contributed by atoms with van der Waals surface area (Å²) in [4.78, 5) is 19.0. The van der Waals surface area contributed by atoms with Crippen LogP contribution in [0.1, 0.15) is 24.7 Å². The zero-order valence-electron chi connectivity index (χ0n) is 15.2. The summed E-state index contributed by atoms with van der Waals surface area (Å²) in [6.07, 6.45) is 3.77. The van der Waals surface area contributed by atoms with Gasteiger partial charge in [0.25, 0.3) is 0 Å². The van der Waals surface area contributed by atoms with Crippen LogP contribution in [0.5, 0.6) is 0 Å². The van der Waals surface area contributed by atoms with Crippen LogP contribution in [0.15, 0.2) is 47.1 Å². The Hall–Kier alpha value is -3.00. The molecular weight excluding hydrogens is 344 g/mol. The third kappa shape index (κ3) is 4.22. The average molecular weight is 366 g/mol. The first-order valence-corrected chi connectivity index (χ1v) is 9.08. The third-order valence-electron chi connectivity index (χ3n) is 4.68. The Morgan fingerprint density at radius 3 is 2.93 bits per heavy atom. The van der Waals surface area contributed by atoms with Crippen LogP contribution in [0.4, 0.5) is 5.82 Å². The Morgan fingerprint density at radius 2 is 2.15 bits per heavy atom. The van der Waals surface area contributed by atoms with Gasteiger partial charge in [0.05, 0.1) is 12.5 Å². The number of benzene rings is 1. The number of nitrogens with zero attached hydrogens (tertiary/aromatic N) is 5. The largest absolute Gasteiger partial charge is 0.339 e. The molecule has 1 aliphatic rings. The van der Waals surface area contributed by atoms with E-state index in [1.54, 1.807) is 16.9 Å². The van der Waals surface area contributed by atoms with E-state index in [1.807, 2.05) is 37.4 Å². The van der Waals surface area contributed by atoms with Crippen LogP contribution in [0.2, 0.25) is 0 Å². The van der Waals surface area contributed by atoms with Gasteiger partial charge in [0.15, 0.2) is 5.82 Å². The Balaban J connectivity index is 1.37. The number of aryl methyl sites for hydroxylation is 1. The molecule has 1 saturated heterocycles. The maximum atomic E-state index is 12.3. The van der Waals surface area contributed by atoms with Gasteiger partial charge in [-0.3, -0.25) is 14.4 Å². The zero-order chi connectivity index (χ0) is 18.6. The number of piperidine rings is 1. The minimum absolute atomic E-state index is 0.0650. The van der Waals surface area contributed by atoms with E-state index < -0.39 is 0 Å². The third-order valence-corrected chi connectivity index (χ3v) is 4.68. The lowest BCUT2D eigenvalue weighted by atomic mass is 9.98. The maximum Gasteiger partial charge on any atom is 0.239 e. The van der Waals surface area contributed by atoms with Gasteiger partial charge < -0.3 is 9.84 Å². The van der Waals surface area contributed by atoms with Crippen molar-refractivity contribution in [1.82, 2.24) is 24.8 Å². The van der Waals surface area contributed by atoms with Gasteiger partial charge in [-0.1, -0.05) is 35.5 Å². The predicted octanol–water partition coefficient (Wildman–Crippen LogP) is 2.29. The fourth-order valence-electron chi connectivity index (χ4n) is 3.37. The van der Waals surface area contributed by atoms with Gasteiger partial charge in [0.1, 0.15) is 0 Å². The molecule has 0 radical (unpaired) electrons. The van der Waals surface area contributed by atoms with Crippen LogP contribution in [-0.4, -0.2) is 50.4 Å². The molecule has 1 aromatic carbocycles. The number of anilines is 1. The van der Waals surface area contributed by atoms with Crippen LogP contribution in [-0.2, 0) is 11.8 Å². The molecule has 1 aliphatic heterocycles. The number of aromatic nitrogens is 4.